The Hall–Kier alpha value is -3.01. The summed E-state index contributed by atoms with van der Waals surface area (Å²) in [5, 5.41) is 4.63. The third-order valence-corrected chi connectivity index (χ3v) is 6.94. The molecule has 10 heteroatoms. The molecule has 0 spiro atoms. The first-order valence-corrected chi connectivity index (χ1v) is 12.4. The van der Waals surface area contributed by atoms with Gasteiger partial charge in [-0.1, -0.05) is 0 Å². The molecule has 1 aromatic carbocycles. The van der Waals surface area contributed by atoms with Gasteiger partial charge in [0.15, 0.2) is 23.0 Å². The quantitative estimate of drug-likeness (QED) is 0.537. The highest BCUT2D eigenvalue weighted by atomic mass is 35.5. The fourth-order valence-electron chi connectivity index (χ4n) is 5.05. The van der Waals surface area contributed by atoms with E-state index in [1.807, 2.05) is 28.8 Å². The van der Waals surface area contributed by atoms with E-state index in [4.69, 9.17) is 18.9 Å². The predicted molar refractivity (Wildman–Crippen MR) is 138 cm³/mol. The number of nitrogens with zero attached hydrogens (tertiary/aromatic N) is 3. The van der Waals surface area contributed by atoms with Crippen molar-refractivity contribution in [1.29, 1.82) is 0 Å². The molecule has 36 heavy (non-hydrogen) atoms. The van der Waals surface area contributed by atoms with Crippen LogP contribution in [-0.4, -0.2) is 66.6 Å². The van der Waals surface area contributed by atoms with Gasteiger partial charge in [-0.15, -0.1) is 12.4 Å². The second kappa shape index (κ2) is 10.9. The fraction of sp³-hybridized carbons (Fsp3) is 0.462. The second-order valence-electron chi connectivity index (χ2n) is 9.17. The molecule has 0 atom stereocenters. The monoisotopic (exact) mass is 514 g/mol. The summed E-state index contributed by atoms with van der Waals surface area (Å²) in [5.74, 6) is 2.89. The molecule has 0 bridgehead atoms. The van der Waals surface area contributed by atoms with Gasteiger partial charge in [-0.2, -0.15) is 0 Å². The molecule has 2 aromatic heterocycles. The zero-order valence-electron chi connectivity index (χ0n) is 20.1. The number of rotatable bonds is 6. The molecule has 0 saturated carbocycles. The summed E-state index contributed by atoms with van der Waals surface area (Å²) in [5.41, 5.74) is 1.78. The molecule has 1 N–H and O–H groups in total. The van der Waals surface area contributed by atoms with Gasteiger partial charge in [0, 0.05) is 43.2 Å². The van der Waals surface area contributed by atoms with Crippen LogP contribution in [0.15, 0.2) is 41.3 Å². The van der Waals surface area contributed by atoms with Crippen molar-refractivity contribution >= 4 is 23.3 Å². The molecule has 3 aliphatic rings. The molecule has 0 amide bonds. The number of aromatic nitrogens is 2. The van der Waals surface area contributed by atoms with Crippen LogP contribution in [0.1, 0.15) is 18.5 Å². The highest BCUT2D eigenvalue weighted by Gasteiger charge is 2.22. The van der Waals surface area contributed by atoms with Gasteiger partial charge in [0.1, 0.15) is 26.4 Å². The average molecular weight is 515 g/mol. The number of hydrogen-bond acceptors (Lipinski definition) is 8. The van der Waals surface area contributed by atoms with Crippen molar-refractivity contribution in [2.45, 2.75) is 32.0 Å². The molecule has 0 unspecified atom stereocenters. The van der Waals surface area contributed by atoms with Crippen LogP contribution in [-0.2, 0) is 13.1 Å². The Bertz CT molecular complexity index is 1280. The van der Waals surface area contributed by atoms with Crippen molar-refractivity contribution in [3.8, 4) is 23.0 Å². The van der Waals surface area contributed by atoms with Crippen LogP contribution < -0.4 is 29.8 Å². The van der Waals surface area contributed by atoms with Crippen LogP contribution in [0.2, 0.25) is 0 Å². The maximum atomic E-state index is 12.8. The molecule has 0 aliphatic carbocycles. The topological polar surface area (TPSA) is 87.1 Å². The minimum Gasteiger partial charge on any atom is -0.486 e. The van der Waals surface area contributed by atoms with Gasteiger partial charge < -0.3 is 33.7 Å². The van der Waals surface area contributed by atoms with Gasteiger partial charge in [-0.05, 0) is 44.1 Å². The largest absolute Gasteiger partial charge is 0.486 e. The summed E-state index contributed by atoms with van der Waals surface area (Å²) in [7, 11) is 0. The lowest BCUT2D eigenvalue weighted by Gasteiger charge is -2.32. The summed E-state index contributed by atoms with van der Waals surface area (Å²) < 4.78 is 24.7. The highest BCUT2D eigenvalue weighted by molar-refractivity contribution is 5.88. The van der Waals surface area contributed by atoms with Crippen molar-refractivity contribution in [3.05, 3.63) is 52.6 Å². The minimum atomic E-state index is -0.0106. The Balaban J connectivity index is 0.00000267. The predicted octanol–water partition coefficient (Wildman–Crippen LogP) is 2.61. The van der Waals surface area contributed by atoms with Crippen LogP contribution in [0, 0.1) is 0 Å². The molecular weight excluding hydrogens is 484 g/mol. The molecule has 5 heterocycles. The van der Waals surface area contributed by atoms with E-state index in [0.29, 0.717) is 57.1 Å². The van der Waals surface area contributed by atoms with Gasteiger partial charge in [-0.3, -0.25) is 9.78 Å². The van der Waals surface area contributed by atoms with Crippen LogP contribution >= 0.6 is 12.4 Å². The van der Waals surface area contributed by atoms with Crippen molar-refractivity contribution in [2.75, 3.05) is 46.1 Å². The summed E-state index contributed by atoms with van der Waals surface area (Å²) >= 11 is 0. The maximum Gasteiger partial charge on any atom is 0.251 e. The normalized spacial score (nSPS) is 17.6. The minimum absolute atomic E-state index is 0. The Morgan fingerprint density at radius 3 is 2.44 bits per heavy atom. The summed E-state index contributed by atoms with van der Waals surface area (Å²) in [6.07, 6.45) is 3.86. The molecule has 3 aromatic rings. The number of ether oxygens (including phenoxy) is 4. The lowest BCUT2D eigenvalue weighted by atomic mass is 10.0. The van der Waals surface area contributed by atoms with E-state index < -0.39 is 0 Å². The summed E-state index contributed by atoms with van der Waals surface area (Å²) in [6, 6.07) is 9.82. The average Bonchev–Trinajstić information content (AvgIpc) is 2.91. The van der Waals surface area contributed by atoms with Gasteiger partial charge >= 0.3 is 0 Å². The Kier molecular flexibility index (Phi) is 7.50. The fourth-order valence-corrected chi connectivity index (χ4v) is 5.05. The molecule has 1 fully saturated rings. The first kappa shape index (κ1) is 24.7. The maximum absolute atomic E-state index is 12.8. The molecule has 6 rings (SSSR count). The van der Waals surface area contributed by atoms with Crippen LogP contribution in [0.3, 0.4) is 0 Å². The molecule has 0 radical (unpaired) electrons. The zero-order valence-corrected chi connectivity index (χ0v) is 20.9. The van der Waals surface area contributed by atoms with Gasteiger partial charge in [0.2, 0.25) is 0 Å². The van der Waals surface area contributed by atoms with Crippen molar-refractivity contribution in [3.63, 3.8) is 0 Å². The lowest BCUT2D eigenvalue weighted by Crippen LogP contribution is -2.43. The van der Waals surface area contributed by atoms with Gasteiger partial charge in [0.25, 0.3) is 5.56 Å². The number of pyridine rings is 2. The van der Waals surface area contributed by atoms with E-state index in [2.05, 4.69) is 15.2 Å². The van der Waals surface area contributed by atoms with E-state index in [9.17, 15) is 4.79 Å². The first-order chi connectivity index (χ1) is 17.2. The van der Waals surface area contributed by atoms with Gasteiger partial charge in [-0.25, -0.2) is 0 Å². The number of benzene rings is 1. The van der Waals surface area contributed by atoms with E-state index in [0.717, 1.165) is 60.6 Å². The van der Waals surface area contributed by atoms with Crippen molar-refractivity contribution in [1.82, 2.24) is 19.8 Å². The summed E-state index contributed by atoms with van der Waals surface area (Å²) in [6.45, 7) is 6.31. The molecule has 192 valence electrons. The standard InChI is InChI=1S/C26H30N4O5.ClH/c31-24-4-2-18-1-3-21-26(35-14-13-32-21)25(18)30(24)10-9-29-7-5-19(6-8-29)27-16-20-15-22-23(17-28-20)34-12-11-33-22;/h1-4,15,17,19,27H,5-14,16H2;1H. The van der Waals surface area contributed by atoms with Crippen LogP contribution in [0.25, 0.3) is 10.9 Å². The van der Waals surface area contributed by atoms with E-state index >= 15 is 0 Å². The molecule has 1 saturated heterocycles. The first-order valence-electron chi connectivity index (χ1n) is 12.4. The summed E-state index contributed by atoms with van der Waals surface area (Å²) in [4.78, 5) is 19.7. The number of halogens is 1. The van der Waals surface area contributed by atoms with Crippen molar-refractivity contribution in [2.24, 2.45) is 0 Å². The number of piperidine rings is 1. The Labute approximate surface area is 215 Å². The number of hydrogen-bond donors (Lipinski definition) is 1. The van der Waals surface area contributed by atoms with E-state index in [1.165, 1.54) is 0 Å². The lowest BCUT2D eigenvalue weighted by molar-refractivity contribution is 0.170. The van der Waals surface area contributed by atoms with Gasteiger partial charge in [0.05, 0.1) is 17.4 Å². The number of nitrogens with one attached hydrogen (secondary N) is 1. The SMILES string of the molecule is Cl.O=c1ccc2ccc3c(c2n1CCN1CCC(NCc2cc4c(cn2)OCCO4)CC1)OCCO3. The second-order valence-corrected chi connectivity index (χ2v) is 9.17. The third kappa shape index (κ3) is 5.09. The molecule has 3 aliphatic heterocycles. The van der Waals surface area contributed by atoms with E-state index in [1.54, 1.807) is 12.3 Å². The smallest absolute Gasteiger partial charge is 0.251 e. The van der Waals surface area contributed by atoms with Crippen LogP contribution in [0.4, 0.5) is 0 Å². The molecular formula is C26H31ClN4O5. The van der Waals surface area contributed by atoms with Crippen LogP contribution in [0.5, 0.6) is 23.0 Å². The number of likely N-dealkylation sites (tertiary alicyclic amines) is 1. The Morgan fingerprint density at radius 1 is 0.889 bits per heavy atom. The Morgan fingerprint density at radius 2 is 1.61 bits per heavy atom. The van der Waals surface area contributed by atoms with Crippen molar-refractivity contribution < 1.29 is 18.9 Å². The zero-order chi connectivity index (χ0) is 23.6. The molecule has 9 nitrogen and oxygen atoms in total. The highest BCUT2D eigenvalue weighted by Crippen LogP contribution is 2.37. The van der Waals surface area contributed by atoms with E-state index in [-0.39, 0.29) is 18.0 Å². The number of fused-ring (bicyclic) bond motifs is 4. The third-order valence-electron chi connectivity index (χ3n) is 6.94.